The second kappa shape index (κ2) is 8.96. The summed E-state index contributed by atoms with van der Waals surface area (Å²) >= 11 is 6.12. The molecule has 8 heteroatoms. The number of ether oxygens (including phenoxy) is 2. The fourth-order valence-corrected chi connectivity index (χ4v) is 4.01. The SMILES string of the molecule is COc1ccc(/C(O)=C2/C(=O)C(=O)N(c3cccc(Cl)c3)C2c2ccc(F)cc2)c(OC)c1. The first-order chi connectivity index (χ1) is 15.8. The third-order valence-corrected chi connectivity index (χ3v) is 5.62. The monoisotopic (exact) mass is 467 g/mol. The molecule has 1 N–H and O–H groups in total. The van der Waals surface area contributed by atoms with E-state index in [-0.39, 0.29) is 16.9 Å². The van der Waals surface area contributed by atoms with Crippen LogP contribution in [0.15, 0.2) is 72.3 Å². The molecule has 1 amide bonds. The number of amides is 1. The van der Waals surface area contributed by atoms with Crippen LogP contribution in [0.3, 0.4) is 0 Å². The van der Waals surface area contributed by atoms with Gasteiger partial charge in [0.2, 0.25) is 0 Å². The second-order valence-electron chi connectivity index (χ2n) is 7.27. The van der Waals surface area contributed by atoms with E-state index in [0.29, 0.717) is 22.0 Å². The lowest BCUT2D eigenvalue weighted by Gasteiger charge is -2.25. The predicted molar refractivity (Wildman–Crippen MR) is 122 cm³/mol. The quantitative estimate of drug-likeness (QED) is 0.320. The van der Waals surface area contributed by atoms with Gasteiger partial charge in [-0.1, -0.05) is 29.8 Å². The molecule has 1 unspecified atom stereocenters. The molecule has 0 radical (unpaired) electrons. The van der Waals surface area contributed by atoms with E-state index in [4.69, 9.17) is 21.1 Å². The van der Waals surface area contributed by atoms with Crippen molar-refractivity contribution in [1.29, 1.82) is 0 Å². The zero-order chi connectivity index (χ0) is 23.7. The number of carbonyl (C=O) groups is 2. The predicted octanol–water partition coefficient (Wildman–Crippen LogP) is 5.12. The normalized spacial score (nSPS) is 17.3. The van der Waals surface area contributed by atoms with Crippen molar-refractivity contribution < 1.29 is 28.6 Å². The molecule has 1 saturated heterocycles. The van der Waals surface area contributed by atoms with Gasteiger partial charge in [0.05, 0.1) is 31.4 Å². The summed E-state index contributed by atoms with van der Waals surface area (Å²) in [5, 5.41) is 11.6. The molecule has 168 valence electrons. The van der Waals surface area contributed by atoms with Crippen LogP contribution in [0, 0.1) is 5.82 Å². The highest BCUT2D eigenvalue weighted by Crippen LogP contribution is 2.44. The Balaban J connectivity index is 1.97. The average Bonchev–Trinajstić information content (AvgIpc) is 3.09. The maximum Gasteiger partial charge on any atom is 0.300 e. The zero-order valence-electron chi connectivity index (χ0n) is 17.7. The third-order valence-electron chi connectivity index (χ3n) is 5.38. The van der Waals surface area contributed by atoms with Crippen molar-refractivity contribution in [2.75, 3.05) is 19.1 Å². The van der Waals surface area contributed by atoms with Crippen LogP contribution in [0.4, 0.5) is 10.1 Å². The molecule has 4 rings (SSSR count). The van der Waals surface area contributed by atoms with E-state index in [9.17, 15) is 19.1 Å². The van der Waals surface area contributed by atoms with Gasteiger partial charge in [0.25, 0.3) is 11.7 Å². The molecule has 1 fully saturated rings. The van der Waals surface area contributed by atoms with Crippen LogP contribution in [0.2, 0.25) is 5.02 Å². The minimum Gasteiger partial charge on any atom is -0.507 e. The molecule has 0 bridgehead atoms. The van der Waals surface area contributed by atoms with Crippen LogP contribution in [0.1, 0.15) is 17.2 Å². The van der Waals surface area contributed by atoms with Crippen molar-refractivity contribution in [3.63, 3.8) is 0 Å². The molecule has 1 aliphatic rings. The summed E-state index contributed by atoms with van der Waals surface area (Å²) in [6.07, 6.45) is 0. The van der Waals surface area contributed by atoms with Crippen molar-refractivity contribution in [3.05, 3.63) is 94.3 Å². The van der Waals surface area contributed by atoms with Crippen molar-refractivity contribution in [3.8, 4) is 11.5 Å². The van der Waals surface area contributed by atoms with Crippen molar-refractivity contribution >= 4 is 34.7 Å². The number of rotatable bonds is 5. The zero-order valence-corrected chi connectivity index (χ0v) is 18.5. The summed E-state index contributed by atoms with van der Waals surface area (Å²) in [5.41, 5.74) is 0.842. The molecule has 3 aromatic carbocycles. The number of halogens is 2. The number of carbonyl (C=O) groups excluding carboxylic acids is 2. The lowest BCUT2D eigenvalue weighted by atomic mass is 9.94. The van der Waals surface area contributed by atoms with Gasteiger partial charge < -0.3 is 14.6 Å². The first kappa shape index (κ1) is 22.4. The van der Waals surface area contributed by atoms with Crippen molar-refractivity contribution in [1.82, 2.24) is 0 Å². The van der Waals surface area contributed by atoms with Crippen LogP contribution in [0.5, 0.6) is 11.5 Å². The summed E-state index contributed by atoms with van der Waals surface area (Å²) in [7, 11) is 2.90. The van der Waals surface area contributed by atoms with Gasteiger partial charge in [-0.05, 0) is 48.0 Å². The Hall–Kier alpha value is -3.84. The topological polar surface area (TPSA) is 76.1 Å². The Labute approximate surface area is 194 Å². The van der Waals surface area contributed by atoms with Crippen LogP contribution >= 0.6 is 11.6 Å². The number of Topliss-reactive ketones (excluding diaryl/α,β-unsaturated/α-hetero) is 1. The molecule has 0 aromatic heterocycles. The number of methoxy groups -OCH3 is 2. The van der Waals surface area contributed by atoms with E-state index >= 15 is 0 Å². The first-order valence-corrected chi connectivity index (χ1v) is 10.3. The van der Waals surface area contributed by atoms with E-state index in [0.717, 1.165) is 0 Å². The molecule has 0 spiro atoms. The summed E-state index contributed by atoms with van der Waals surface area (Å²) in [6, 6.07) is 15.5. The number of anilines is 1. The summed E-state index contributed by atoms with van der Waals surface area (Å²) in [6.45, 7) is 0. The largest absolute Gasteiger partial charge is 0.507 e. The smallest absolute Gasteiger partial charge is 0.300 e. The van der Waals surface area contributed by atoms with Crippen LogP contribution < -0.4 is 14.4 Å². The average molecular weight is 468 g/mol. The van der Waals surface area contributed by atoms with Gasteiger partial charge in [0.15, 0.2) is 0 Å². The molecular formula is C25H19ClFNO5. The van der Waals surface area contributed by atoms with Gasteiger partial charge >= 0.3 is 0 Å². The molecule has 0 saturated carbocycles. The number of hydrogen-bond acceptors (Lipinski definition) is 5. The Morgan fingerprint density at radius 1 is 1.00 bits per heavy atom. The second-order valence-corrected chi connectivity index (χ2v) is 7.70. The summed E-state index contributed by atoms with van der Waals surface area (Å²) < 4.78 is 24.2. The van der Waals surface area contributed by atoms with Gasteiger partial charge in [-0.25, -0.2) is 4.39 Å². The van der Waals surface area contributed by atoms with E-state index in [1.807, 2.05) is 0 Å². The van der Waals surface area contributed by atoms with Crippen LogP contribution in [-0.2, 0) is 9.59 Å². The lowest BCUT2D eigenvalue weighted by Crippen LogP contribution is -2.29. The number of aliphatic hydroxyl groups is 1. The molecule has 1 aliphatic heterocycles. The molecule has 0 aliphatic carbocycles. The van der Waals surface area contributed by atoms with Crippen molar-refractivity contribution in [2.45, 2.75) is 6.04 Å². The summed E-state index contributed by atoms with van der Waals surface area (Å²) in [4.78, 5) is 27.6. The van der Waals surface area contributed by atoms with Crippen LogP contribution in [-0.4, -0.2) is 31.0 Å². The van der Waals surface area contributed by atoms with Gasteiger partial charge in [-0.15, -0.1) is 0 Å². The van der Waals surface area contributed by atoms with Gasteiger partial charge in [-0.2, -0.15) is 0 Å². The number of nitrogens with zero attached hydrogens (tertiary/aromatic N) is 1. The Kier molecular flexibility index (Phi) is 6.07. The standard InChI is InChI=1S/C25H19ClFNO5/c1-32-18-10-11-19(20(13-18)33-2)23(29)21-22(14-6-8-16(27)9-7-14)28(25(31)24(21)30)17-5-3-4-15(26)12-17/h3-13,22,29H,1-2H3/b23-21-. The highest BCUT2D eigenvalue weighted by atomic mass is 35.5. The van der Waals surface area contributed by atoms with Crippen molar-refractivity contribution in [2.24, 2.45) is 0 Å². The molecule has 1 heterocycles. The van der Waals surface area contributed by atoms with Gasteiger partial charge in [0, 0.05) is 16.8 Å². The molecule has 3 aromatic rings. The maximum atomic E-state index is 13.6. The number of hydrogen-bond donors (Lipinski definition) is 1. The third kappa shape index (κ3) is 4.03. The number of ketones is 1. The Morgan fingerprint density at radius 3 is 2.36 bits per heavy atom. The fourth-order valence-electron chi connectivity index (χ4n) is 3.82. The molecule has 33 heavy (non-hydrogen) atoms. The Morgan fingerprint density at radius 2 is 1.73 bits per heavy atom. The maximum absolute atomic E-state index is 13.6. The first-order valence-electron chi connectivity index (χ1n) is 9.90. The lowest BCUT2D eigenvalue weighted by molar-refractivity contribution is -0.132. The van der Waals surface area contributed by atoms with E-state index in [1.165, 1.54) is 55.5 Å². The highest BCUT2D eigenvalue weighted by molar-refractivity contribution is 6.51. The summed E-state index contributed by atoms with van der Waals surface area (Å²) in [5.74, 6) is -1.90. The highest BCUT2D eigenvalue weighted by Gasteiger charge is 2.47. The minimum absolute atomic E-state index is 0.157. The Bertz CT molecular complexity index is 1270. The number of benzene rings is 3. The van der Waals surface area contributed by atoms with E-state index in [1.54, 1.807) is 30.3 Å². The molecular weight excluding hydrogens is 449 g/mol. The van der Waals surface area contributed by atoms with Crippen LogP contribution in [0.25, 0.3) is 5.76 Å². The van der Waals surface area contributed by atoms with E-state index in [2.05, 4.69) is 0 Å². The fraction of sp³-hybridized carbons (Fsp3) is 0.120. The minimum atomic E-state index is -1.02. The van der Waals surface area contributed by atoms with E-state index < -0.39 is 29.3 Å². The number of aliphatic hydroxyl groups excluding tert-OH is 1. The molecule has 1 atom stereocenters. The van der Waals surface area contributed by atoms with Gasteiger partial charge in [-0.3, -0.25) is 14.5 Å². The van der Waals surface area contributed by atoms with Gasteiger partial charge in [0.1, 0.15) is 23.1 Å². The molecule has 6 nitrogen and oxygen atoms in total.